The van der Waals surface area contributed by atoms with E-state index in [-0.39, 0.29) is 17.0 Å². The van der Waals surface area contributed by atoms with E-state index in [4.69, 9.17) is 19.4 Å². The van der Waals surface area contributed by atoms with E-state index < -0.39 is 8.24 Å². The van der Waals surface area contributed by atoms with Crippen LogP contribution in [0.4, 0.5) is 11.5 Å². The molecule has 214 valence electrons. The lowest BCUT2D eigenvalue weighted by molar-refractivity contribution is -0.118. The van der Waals surface area contributed by atoms with E-state index in [2.05, 4.69) is 73.5 Å². The van der Waals surface area contributed by atoms with E-state index in [1.54, 1.807) is 7.11 Å². The first kappa shape index (κ1) is 27.5. The van der Waals surface area contributed by atoms with Crippen LogP contribution in [-0.2, 0) is 16.0 Å². The highest BCUT2D eigenvalue weighted by Crippen LogP contribution is 2.41. The number of nitrogens with zero attached hydrogens (tertiary/aromatic N) is 5. The van der Waals surface area contributed by atoms with Gasteiger partial charge in [-0.15, -0.1) is 0 Å². The van der Waals surface area contributed by atoms with Crippen molar-refractivity contribution >= 4 is 36.6 Å². The SMILES string of the molecule is COc1ccc(CC(=O)N2CC3COCCN3c3nc(-c4cccc5c4ccn5[Si](C)(C)C(C)(C)C)ncc32)cc1. The van der Waals surface area contributed by atoms with Crippen molar-refractivity contribution in [1.29, 1.82) is 0 Å². The third-order valence-corrected chi connectivity index (χ3v) is 14.4. The second kappa shape index (κ2) is 10.3. The Morgan fingerprint density at radius 3 is 2.63 bits per heavy atom. The number of carbonyl (C=O) groups excluding carboxylic acids is 1. The lowest BCUT2D eigenvalue weighted by Gasteiger charge is -2.44. The number of hydrogen-bond donors (Lipinski definition) is 0. The number of fused-ring (bicyclic) bond motifs is 4. The molecular formula is C32H39N5O3Si. The summed E-state index contributed by atoms with van der Waals surface area (Å²) in [5.74, 6) is 2.28. The molecule has 1 amide bonds. The average molecular weight is 570 g/mol. The molecule has 1 fully saturated rings. The van der Waals surface area contributed by atoms with Crippen molar-refractivity contribution < 1.29 is 14.3 Å². The zero-order valence-electron chi connectivity index (χ0n) is 24.8. The fourth-order valence-electron chi connectivity index (χ4n) is 5.75. The van der Waals surface area contributed by atoms with Gasteiger partial charge in [0, 0.05) is 29.6 Å². The second-order valence-electron chi connectivity index (χ2n) is 12.6. The van der Waals surface area contributed by atoms with E-state index in [0.717, 1.165) is 40.3 Å². The smallest absolute Gasteiger partial charge is 0.231 e. The average Bonchev–Trinajstić information content (AvgIpc) is 3.41. The third-order valence-electron chi connectivity index (χ3n) is 9.16. The van der Waals surface area contributed by atoms with Gasteiger partial charge >= 0.3 is 0 Å². The van der Waals surface area contributed by atoms with Crippen molar-refractivity contribution in [3.63, 3.8) is 0 Å². The summed E-state index contributed by atoms with van der Waals surface area (Å²) in [6.45, 7) is 14.3. The van der Waals surface area contributed by atoms with E-state index in [1.807, 2.05) is 35.4 Å². The number of aromatic nitrogens is 3. The fraction of sp³-hybridized carbons (Fsp3) is 0.406. The van der Waals surface area contributed by atoms with Gasteiger partial charge in [0.2, 0.25) is 5.91 Å². The first-order chi connectivity index (χ1) is 19.6. The number of anilines is 2. The molecule has 4 heterocycles. The summed E-state index contributed by atoms with van der Waals surface area (Å²) in [4.78, 5) is 27.8. The standard InChI is InChI=1S/C32H39N5O3Si/c1-32(2,3)41(5,6)37-15-14-25-26(8-7-9-27(25)37)30-33-19-28-31(34-30)35-16-17-40-21-23(35)20-36(28)29(38)18-22-10-12-24(39-4)13-11-22/h7-15,19,23H,16-18,20-21H2,1-6H3. The molecular weight excluding hydrogens is 530 g/mol. The fourth-order valence-corrected chi connectivity index (χ4v) is 7.72. The summed E-state index contributed by atoms with van der Waals surface area (Å²) in [6, 6.07) is 16.3. The zero-order valence-corrected chi connectivity index (χ0v) is 25.8. The Hall–Kier alpha value is -3.69. The van der Waals surface area contributed by atoms with Gasteiger partial charge in [0.15, 0.2) is 19.9 Å². The number of methoxy groups -OCH3 is 1. The molecule has 1 atom stereocenters. The van der Waals surface area contributed by atoms with Crippen LogP contribution in [0.2, 0.25) is 18.1 Å². The van der Waals surface area contributed by atoms with Gasteiger partial charge in [-0.2, -0.15) is 0 Å². The number of morpholine rings is 1. The summed E-state index contributed by atoms with van der Waals surface area (Å²) in [5.41, 5.74) is 3.93. The van der Waals surface area contributed by atoms with Gasteiger partial charge in [0.1, 0.15) is 11.4 Å². The van der Waals surface area contributed by atoms with Gasteiger partial charge in [0.25, 0.3) is 0 Å². The normalized spacial score (nSPS) is 17.4. The van der Waals surface area contributed by atoms with Crippen LogP contribution < -0.4 is 14.5 Å². The molecule has 2 aliphatic heterocycles. The summed E-state index contributed by atoms with van der Waals surface area (Å²) >= 11 is 0. The summed E-state index contributed by atoms with van der Waals surface area (Å²) in [7, 11) is -0.180. The van der Waals surface area contributed by atoms with Gasteiger partial charge in [-0.05, 0) is 41.1 Å². The number of ether oxygens (including phenoxy) is 2. The molecule has 0 aliphatic carbocycles. The number of hydrogen-bond acceptors (Lipinski definition) is 6. The van der Waals surface area contributed by atoms with Gasteiger partial charge in [-0.1, -0.05) is 58.1 Å². The molecule has 0 spiro atoms. The van der Waals surface area contributed by atoms with Gasteiger partial charge in [-0.3, -0.25) is 4.79 Å². The number of rotatable bonds is 5. The van der Waals surface area contributed by atoms with Crippen molar-refractivity contribution in [2.45, 2.75) is 51.4 Å². The third kappa shape index (κ3) is 4.80. The minimum Gasteiger partial charge on any atom is -0.497 e. The highest BCUT2D eigenvalue weighted by atomic mass is 28.3. The van der Waals surface area contributed by atoms with Gasteiger partial charge in [0.05, 0.1) is 39.0 Å². The topological polar surface area (TPSA) is 72.7 Å². The van der Waals surface area contributed by atoms with E-state index >= 15 is 0 Å². The molecule has 1 unspecified atom stereocenters. The van der Waals surface area contributed by atoms with Crippen LogP contribution in [0.25, 0.3) is 22.3 Å². The lowest BCUT2D eigenvalue weighted by atomic mass is 10.1. The predicted molar refractivity (Wildman–Crippen MR) is 167 cm³/mol. The van der Waals surface area contributed by atoms with Crippen LogP contribution in [0, 0.1) is 0 Å². The first-order valence-corrected chi connectivity index (χ1v) is 17.3. The monoisotopic (exact) mass is 569 g/mol. The highest BCUT2D eigenvalue weighted by Gasteiger charge is 2.39. The van der Waals surface area contributed by atoms with Crippen molar-refractivity contribution in [2.24, 2.45) is 0 Å². The molecule has 2 aromatic heterocycles. The zero-order chi connectivity index (χ0) is 28.9. The Morgan fingerprint density at radius 1 is 1.12 bits per heavy atom. The van der Waals surface area contributed by atoms with E-state index in [9.17, 15) is 4.79 Å². The highest BCUT2D eigenvalue weighted by molar-refractivity contribution is 6.79. The summed E-state index contributed by atoms with van der Waals surface area (Å²) in [5, 5.41) is 1.35. The Balaban J connectivity index is 1.39. The maximum absolute atomic E-state index is 13.6. The van der Waals surface area contributed by atoms with Crippen molar-refractivity contribution in [2.75, 3.05) is 43.2 Å². The van der Waals surface area contributed by atoms with Crippen LogP contribution in [0.3, 0.4) is 0 Å². The van der Waals surface area contributed by atoms with Crippen molar-refractivity contribution in [3.05, 3.63) is 66.5 Å². The maximum atomic E-state index is 13.6. The quantitative estimate of drug-likeness (QED) is 0.285. The first-order valence-electron chi connectivity index (χ1n) is 14.3. The molecule has 2 aliphatic rings. The molecule has 1 saturated heterocycles. The van der Waals surface area contributed by atoms with E-state index in [1.165, 1.54) is 5.52 Å². The minimum atomic E-state index is -1.82. The van der Waals surface area contributed by atoms with Crippen molar-refractivity contribution in [3.8, 4) is 17.1 Å². The largest absolute Gasteiger partial charge is 0.497 e. The minimum absolute atomic E-state index is 0.0199. The van der Waals surface area contributed by atoms with Crippen LogP contribution in [0.1, 0.15) is 26.3 Å². The molecule has 6 rings (SSSR count). The predicted octanol–water partition coefficient (Wildman–Crippen LogP) is 5.75. The molecule has 0 N–H and O–H groups in total. The molecule has 9 heteroatoms. The second-order valence-corrected chi connectivity index (χ2v) is 17.7. The van der Waals surface area contributed by atoms with Crippen LogP contribution in [0.5, 0.6) is 5.75 Å². The van der Waals surface area contributed by atoms with Crippen LogP contribution in [-0.4, -0.2) is 67.8 Å². The van der Waals surface area contributed by atoms with E-state index in [0.29, 0.717) is 32.0 Å². The lowest BCUT2D eigenvalue weighted by Crippen LogP contribution is -2.57. The molecule has 2 aromatic carbocycles. The molecule has 41 heavy (non-hydrogen) atoms. The van der Waals surface area contributed by atoms with Crippen molar-refractivity contribution in [1.82, 2.24) is 14.2 Å². The molecule has 4 aromatic rings. The van der Waals surface area contributed by atoms with Crippen LogP contribution >= 0.6 is 0 Å². The number of benzene rings is 2. The Morgan fingerprint density at radius 2 is 1.90 bits per heavy atom. The number of amides is 1. The van der Waals surface area contributed by atoms with Gasteiger partial charge in [-0.25, -0.2) is 9.97 Å². The maximum Gasteiger partial charge on any atom is 0.231 e. The summed E-state index contributed by atoms with van der Waals surface area (Å²) < 4.78 is 13.6. The summed E-state index contributed by atoms with van der Waals surface area (Å²) in [6.07, 6.45) is 4.36. The Bertz CT molecular complexity index is 1590. The van der Waals surface area contributed by atoms with Crippen LogP contribution in [0.15, 0.2) is 60.9 Å². The molecule has 0 saturated carbocycles. The molecule has 8 nitrogen and oxygen atoms in total. The molecule has 0 radical (unpaired) electrons. The molecule has 0 bridgehead atoms. The Kier molecular flexibility index (Phi) is 6.90. The van der Waals surface area contributed by atoms with Gasteiger partial charge < -0.3 is 23.5 Å². The Labute approximate surface area is 243 Å². The number of carbonyl (C=O) groups is 1.